The number of carboxylic acid groups (broad SMARTS) is 1. The first-order valence-electron chi connectivity index (χ1n) is 4.68. The zero-order valence-corrected chi connectivity index (χ0v) is 8.36. The lowest BCUT2D eigenvalue weighted by Gasteiger charge is -2.26. The molecule has 2 rings (SSSR count). The lowest BCUT2D eigenvalue weighted by Crippen LogP contribution is -2.28. The van der Waals surface area contributed by atoms with E-state index in [2.05, 4.69) is 0 Å². The van der Waals surface area contributed by atoms with Crippen molar-refractivity contribution < 1.29 is 14.7 Å². The Labute approximate surface area is 87.2 Å². The van der Waals surface area contributed by atoms with Crippen molar-refractivity contribution in [3.63, 3.8) is 0 Å². The second kappa shape index (κ2) is 3.38. The minimum atomic E-state index is -1.01. The third-order valence-corrected chi connectivity index (χ3v) is 2.50. The van der Waals surface area contributed by atoms with Crippen LogP contribution >= 0.6 is 0 Å². The highest BCUT2D eigenvalue weighted by molar-refractivity contribution is 6.09. The molecule has 1 aliphatic heterocycles. The van der Waals surface area contributed by atoms with E-state index in [0.717, 1.165) is 0 Å². The van der Waals surface area contributed by atoms with Gasteiger partial charge in [-0.25, -0.2) is 4.79 Å². The third-order valence-electron chi connectivity index (χ3n) is 2.50. The molecule has 0 fully saturated rings. The Kier molecular flexibility index (Phi) is 2.19. The van der Waals surface area contributed by atoms with Crippen molar-refractivity contribution >= 4 is 11.8 Å². The number of Topliss-reactive ketones (excluding diaryl/α,β-unsaturated/α-hetero) is 1. The summed E-state index contributed by atoms with van der Waals surface area (Å²) in [5.74, 6) is -1.11. The maximum atomic E-state index is 11.6. The molecule has 2 aliphatic rings. The Morgan fingerprint density at radius 3 is 2.93 bits per heavy atom. The summed E-state index contributed by atoms with van der Waals surface area (Å²) in [6.07, 6.45) is 5.66. The van der Waals surface area contributed by atoms with E-state index < -0.39 is 5.97 Å². The van der Waals surface area contributed by atoms with Crippen LogP contribution in [0.4, 0.5) is 0 Å². The molecule has 1 N–H and O–H groups in total. The van der Waals surface area contributed by atoms with Crippen LogP contribution in [0.25, 0.3) is 0 Å². The van der Waals surface area contributed by atoms with Gasteiger partial charge in [-0.3, -0.25) is 4.79 Å². The smallest absolute Gasteiger partial charge is 0.334 e. The number of rotatable bonds is 1. The number of carboxylic acids is 1. The van der Waals surface area contributed by atoms with Crippen molar-refractivity contribution in [2.24, 2.45) is 0 Å². The van der Waals surface area contributed by atoms with Crippen molar-refractivity contribution in [1.82, 2.24) is 4.90 Å². The van der Waals surface area contributed by atoms with Crippen LogP contribution in [-0.2, 0) is 9.59 Å². The monoisotopic (exact) mass is 205 g/mol. The summed E-state index contributed by atoms with van der Waals surface area (Å²) in [6.45, 7) is 0.285. The molecule has 0 atom stereocenters. The Morgan fingerprint density at radius 1 is 1.53 bits per heavy atom. The first kappa shape index (κ1) is 9.71. The van der Waals surface area contributed by atoms with Gasteiger partial charge >= 0.3 is 5.97 Å². The molecule has 0 amide bonds. The number of nitrogens with zero attached hydrogens (tertiary/aromatic N) is 1. The molecule has 0 bridgehead atoms. The second-order valence-electron chi connectivity index (χ2n) is 3.69. The molecule has 0 aromatic carbocycles. The number of allylic oxidation sites excluding steroid dienone is 4. The van der Waals surface area contributed by atoms with Crippen molar-refractivity contribution in [1.29, 1.82) is 0 Å². The lowest BCUT2D eigenvalue weighted by molar-refractivity contribution is -0.133. The number of aliphatic carboxylic acids is 1. The van der Waals surface area contributed by atoms with Gasteiger partial charge in [0, 0.05) is 30.8 Å². The first-order chi connectivity index (χ1) is 7.09. The molecule has 0 saturated carbocycles. The van der Waals surface area contributed by atoms with Crippen LogP contribution < -0.4 is 0 Å². The Balaban J connectivity index is 2.58. The predicted molar refractivity (Wildman–Crippen MR) is 54.1 cm³/mol. The minimum absolute atomic E-state index is 0.103. The van der Waals surface area contributed by atoms with Gasteiger partial charge in [0.05, 0.1) is 12.1 Å². The van der Waals surface area contributed by atoms with Gasteiger partial charge in [-0.15, -0.1) is 0 Å². The van der Waals surface area contributed by atoms with Gasteiger partial charge in [0.15, 0.2) is 5.78 Å². The average Bonchev–Trinajstić information content (AvgIpc) is 2.16. The molecule has 1 heterocycles. The van der Waals surface area contributed by atoms with Gasteiger partial charge in [-0.1, -0.05) is 12.2 Å². The summed E-state index contributed by atoms with van der Waals surface area (Å²) >= 11 is 0. The van der Waals surface area contributed by atoms with Gasteiger partial charge in [-0.05, 0) is 0 Å². The molecule has 78 valence electrons. The Morgan fingerprint density at radius 2 is 2.27 bits per heavy atom. The average molecular weight is 205 g/mol. The van der Waals surface area contributed by atoms with E-state index in [9.17, 15) is 9.59 Å². The summed E-state index contributed by atoms with van der Waals surface area (Å²) in [6, 6.07) is 0. The molecule has 0 aromatic rings. The van der Waals surface area contributed by atoms with Crippen LogP contribution in [0.2, 0.25) is 0 Å². The lowest BCUT2D eigenvalue weighted by atomic mass is 9.88. The fourth-order valence-electron chi connectivity index (χ4n) is 1.88. The van der Waals surface area contributed by atoms with Gasteiger partial charge in [0.25, 0.3) is 0 Å². The summed E-state index contributed by atoms with van der Waals surface area (Å²) in [7, 11) is 1.79. The molecule has 0 radical (unpaired) electrons. The Bertz CT molecular complexity index is 429. The first-order valence-corrected chi connectivity index (χ1v) is 4.68. The van der Waals surface area contributed by atoms with E-state index >= 15 is 0 Å². The van der Waals surface area contributed by atoms with Crippen LogP contribution in [0.15, 0.2) is 35.1 Å². The van der Waals surface area contributed by atoms with Crippen molar-refractivity contribution in [3.8, 4) is 0 Å². The highest BCUT2D eigenvalue weighted by atomic mass is 16.4. The van der Waals surface area contributed by atoms with Crippen LogP contribution in [0, 0.1) is 0 Å². The van der Waals surface area contributed by atoms with Crippen LogP contribution in [0.3, 0.4) is 0 Å². The molecule has 0 saturated heterocycles. The SMILES string of the molecule is CN1C=C2C=CCC(=O)C2=C(C(=O)O)C1. The fraction of sp³-hybridized carbons (Fsp3) is 0.273. The normalized spacial score (nSPS) is 20.2. The van der Waals surface area contributed by atoms with Crippen molar-refractivity contribution in [3.05, 3.63) is 35.1 Å². The van der Waals surface area contributed by atoms with E-state index in [1.807, 2.05) is 0 Å². The quantitative estimate of drug-likeness (QED) is 0.685. The van der Waals surface area contributed by atoms with Gasteiger partial charge in [-0.2, -0.15) is 0 Å². The zero-order chi connectivity index (χ0) is 11.0. The topological polar surface area (TPSA) is 57.6 Å². The van der Waals surface area contributed by atoms with E-state index in [0.29, 0.717) is 17.6 Å². The van der Waals surface area contributed by atoms with E-state index in [1.54, 1.807) is 30.3 Å². The van der Waals surface area contributed by atoms with Gasteiger partial charge in [0.2, 0.25) is 0 Å². The second-order valence-corrected chi connectivity index (χ2v) is 3.69. The number of ketones is 1. The van der Waals surface area contributed by atoms with Crippen molar-refractivity contribution in [2.45, 2.75) is 6.42 Å². The number of carbonyl (C=O) groups is 2. The molecule has 0 aromatic heterocycles. The van der Waals surface area contributed by atoms with Gasteiger partial charge < -0.3 is 10.0 Å². The van der Waals surface area contributed by atoms with E-state index in [4.69, 9.17) is 5.11 Å². The summed E-state index contributed by atoms with van der Waals surface area (Å²) in [5.41, 5.74) is 1.28. The number of likely N-dealkylation sites (N-methyl/N-ethyl adjacent to an activating group) is 1. The number of carbonyl (C=O) groups excluding carboxylic acids is 1. The summed E-state index contributed by atoms with van der Waals surface area (Å²) in [4.78, 5) is 24.4. The Hall–Kier alpha value is -1.84. The number of hydrogen-bond acceptors (Lipinski definition) is 3. The highest BCUT2D eigenvalue weighted by Gasteiger charge is 2.28. The molecule has 0 spiro atoms. The van der Waals surface area contributed by atoms with Crippen molar-refractivity contribution in [2.75, 3.05) is 13.6 Å². The predicted octanol–water partition coefficient (Wildman–Crippen LogP) is 0.726. The largest absolute Gasteiger partial charge is 0.478 e. The zero-order valence-electron chi connectivity index (χ0n) is 8.36. The number of fused-ring (bicyclic) bond motifs is 1. The summed E-state index contributed by atoms with van der Waals surface area (Å²) in [5, 5.41) is 9.02. The van der Waals surface area contributed by atoms with Gasteiger partial charge in [0.1, 0.15) is 0 Å². The minimum Gasteiger partial charge on any atom is -0.478 e. The van der Waals surface area contributed by atoms with E-state index in [-0.39, 0.29) is 17.9 Å². The fourth-order valence-corrected chi connectivity index (χ4v) is 1.88. The molecular formula is C11H11NO3. The maximum absolute atomic E-state index is 11.6. The van der Waals surface area contributed by atoms with Crippen LogP contribution in [0.5, 0.6) is 0 Å². The van der Waals surface area contributed by atoms with Crippen LogP contribution in [0.1, 0.15) is 6.42 Å². The number of hydrogen-bond donors (Lipinski definition) is 1. The standard InChI is InChI=1S/C11H11NO3/c1-12-5-7-3-2-4-9(13)10(7)8(6-12)11(14)15/h2-3,5H,4,6H2,1H3,(H,14,15). The maximum Gasteiger partial charge on any atom is 0.334 e. The molecule has 1 aliphatic carbocycles. The molecule has 4 heteroatoms. The summed E-state index contributed by atoms with van der Waals surface area (Å²) < 4.78 is 0. The van der Waals surface area contributed by atoms with E-state index in [1.165, 1.54) is 0 Å². The molecule has 4 nitrogen and oxygen atoms in total. The van der Waals surface area contributed by atoms with Crippen LogP contribution in [-0.4, -0.2) is 35.4 Å². The molecular weight excluding hydrogens is 194 g/mol. The highest BCUT2D eigenvalue weighted by Crippen LogP contribution is 2.27. The third kappa shape index (κ3) is 1.58. The molecule has 0 unspecified atom stereocenters. The molecule has 15 heavy (non-hydrogen) atoms.